The quantitative estimate of drug-likeness (QED) is 0.789. The summed E-state index contributed by atoms with van der Waals surface area (Å²) in [6.45, 7) is 2.54. The molecule has 1 aromatic heterocycles. The summed E-state index contributed by atoms with van der Waals surface area (Å²) in [5.41, 5.74) is 2.53. The number of aromatic nitrogens is 1. The molecule has 0 saturated carbocycles. The van der Waals surface area contributed by atoms with Crippen LogP contribution in [0.25, 0.3) is 0 Å². The van der Waals surface area contributed by atoms with Crippen molar-refractivity contribution in [2.24, 2.45) is 0 Å². The minimum Gasteiger partial charge on any atom is -0.496 e. The molecule has 1 amide bonds. The number of amides is 1. The Balaban J connectivity index is 1.68. The highest BCUT2D eigenvalue weighted by Crippen LogP contribution is 2.28. The van der Waals surface area contributed by atoms with Crippen LogP contribution in [-0.4, -0.2) is 50.9 Å². The molecule has 0 spiro atoms. The molecule has 142 valence electrons. The third kappa shape index (κ3) is 4.80. The summed E-state index contributed by atoms with van der Waals surface area (Å²) < 4.78 is 11.3. The summed E-state index contributed by atoms with van der Waals surface area (Å²) in [5, 5.41) is 2.61. The Labute approximate surface area is 161 Å². The first-order chi connectivity index (χ1) is 13.1. The van der Waals surface area contributed by atoms with Gasteiger partial charge in [-0.05, 0) is 44.1 Å². The molecule has 3 rings (SSSR count). The van der Waals surface area contributed by atoms with Crippen molar-refractivity contribution in [1.29, 1.82) is 0 Å². The third-order valence-corrected chi connectivity index (χ3v) is 5.03. The largest absolute Gasteiger partial charge is 0.496 e. The molecule has 1 saturated heterocycles. The first-order valence-electron chi connectivity index (χ1n) is 9.28. The van der Waals surface area contributed by atoms with E-state index in [2.05, 4.69) is 24.2 Å². The van der Waals surface area contributed by atoms with Gasteiger partial charge in [-0.2, -0.15) is 0 Å². The minimum absolute atomic E-state index is 0.145. The maximum absolute atomic E-state index is 11.8. The van der Waals surface area contributed by atoms with Crippen LogP contribution in [0.3, 0.4) is 0 Å². The standard InChI is InChI=1S/C20H26BN3O3/c1-22-20(25)15-6-7-16(18(12-15)26-2)13-27-19-5-3-4-17(23-19)14-8-10-24(21)11-9-14/h3-7,12,14H,8-11,13,21H2,1-2H3,(H,22,25). The lowest BCUT2D eigenvalue weighted by molar-refractivity contribution is 0.0962. The van der Waals surface area contributed by atoms with Crippen molar-refractivity contribution in [3.63, 3.8) is 0 Å². The van der Waals surface area contributed by atoms with Crippen LogP contribution in [0.4, 0.5) is 0 Å². The molecule has 2 aromatic rings. The average molecular weight is 367 g/mol. The summed E-state index contributed by atoms with van der Waals surface area (Å²) in [4.78, 5) is 18.8. The second-order valence-corrected chi connectivity index (χ2v) is 6.87. The number of methoxy groups -OCH3 is 1. The fraction of sp³-hybridized carbons (Fsp3) is 0.400. The molecule has 7 heteroatoms. The summed E-state index contributed by atoms with van der Waals surface area (Å²) in [6, 6.07) is 11.3. The van der Waals surface area contributed by atoms with E-state index in [0.29, 0.717) is 29.7 Å². The van der Waals surface area contributed by atoms with Crippen LogP contribution in [0.2, 0.25) is 0 Å². The van der Waals surface area contributed by atoms with Crippen molar-refractivity contribution in [2.45, 2.75) is 25.4 Å². The van der Waals surface area contributed by atoms with Crippen LogP contribution >= 0.6 is 0 Å². The Morgan fingerprint density at radius 1 is 1.30 bits per heavy atom. The normalized spacial score (nSPS) is 15.3. The topological polar surface area (TPSA) is 63.7 Å². The molecule has 0 unspecified atom stereocenters. The summed E-state index contributed by atoms with van der Waals surface area (Å²) in [5.74, 6) is 1.59. The van der Waals surface area contributed by atoms with E-state index in [0.717, 1.165) is 37.2 Å². The van der Waals surface area contributed by atoms with Gasteiger partial charge in [0.15, 0.2) is 7.98 Å². The van der Waals surface area contributed by atoms with E-state index >= 15 is 0 Å². The fourth-order valence-electron chi connectivity index (χ4n) is 3.34. The molecule has 0 bridgehead atoms. The molecule has 2 heterocycles. The monoisotopic (exact) mass is 367 g/mol. The number of benzene rings is 1. The summed E-state index contributed by atoms with van der Waals surface area (Å²) in [6.07, 6.45) is 2.25. The molecule has 0 aliphatic carbocycles. The van der Waals surface area contributed by atoms with Gasteiger partial charge in [0, 0.05) is 35.9 Å². The zero-order valence-electron chi connectivity index (χ0n) is 16.2. The second-order valence-electron chi connectivity index (χ2n) is 6.87. The zero-order valence-corrected chi connectivity index (χ0v) is 16.2. The van der Waals surface area contributed by atoms with Gasteiger partial charge in [-0.15, -0.1) is 0 Å². The molecule has 6 nitrogen and oxygen atoms in total. The zero-order chi connectivity index (χ0) is 19.2. The van der Waals surface area contributed by atoms with Gasteiger partial charge < -0.3 is 19.6 Å². The minimum atomic E-state index is -0.145. The molecular formula is C20H26BN3O3. The van der Waals surface area contributed by atoms with Gasteiger partial charge in [0.25, 0.3) is 5.91 Å². The van der Waals surface area contributed by atoms with Crippen molar-refractivity contribution in [1.82, 2.24) is 15.1 Å². The molecule has 27 heavy (non-hydrogen) atoms. The second kappa shape index (κ2) is 8.91. The lowest BCUT2D eigenvalue weighted by atomic mass is 9.92. The lowest BCUT2D eigenvalue weighted by Gasteiger charge is -2.29. The molecular weight excluding hydrogens is 341 g/mol. The van der Waals surface area contributed by atoms with E-state index in [4.69, 9.17) is 14.5 Å². The summed E-state index contributed by atoms with van der Waals surface area (Å²) >= 11 is 0. The van der Waals surface area contributed by atoms with Gasteiger partial charge >= 0.3 is 0 Å². The van der Waals surface area contributed by atoms with Crippen molar-refractivity contribution < 1.29 is 14.3 Å². The highest BCUT2D eigenvalue weighted by molar-refractivity contribution is 6.04. The molecule has 1 N–H and O–H groups in total. The van der Waals surface area contributed by atoms with Crippen LogP contribution in [0, 0.1) is 0 Å². The first kappa shape index (κ1) is 19.2. The number of nitrogens with zero attached hydrogens (tertiary/aromatic N) is 2. The highest BCUT2D eigenvalue weighted by atomic mass is 16.5. The Morgan fingerprint density at radius 3 is 2.78 bits per heavy atom. The molecule has 1 aromatic carbocycles. The van der Waals surface area contributed by atoms with Gasteiger partial charge in [-0.3, -0.25) is 4.79 Å². The predicted octanol–water partition coefficient (Wildman–Crippen LogP) is 1.76. The number of carbonyl (C=O) groups excluding carboxylic acids is 1. The maximum atomic E-state index is 11.8. The van der Waals surface area contributed by atoms with E-state index < -0.39 is 0 Å². The Kier molecular flexibility index (Phi) is 6.34. The summed E-state index contributed by atoms with van der Waals surface area (Å²) in [7, 11) is 5.35. The number of carbonyl (C=O) groups is 1. The number of rotatable bonds is 6. The molecule has 1 fully saturated rings. The van der Waals surface area contributed by atoms with Crippen LogP contribution in [0.5, 0.6) is 11.6 Å². The van der Waals surface area contributed by atoms with Gasteiger partial charge in [-0.25, -0.2) is 4.98 Å². The van der Waals surface area contributed by atoms with Crippen LogP contribution in [0.15, 0.2) is 36.4 Å². The van der Waals surface area contributed by atoms with Crippen LogP contribution < -0.4 is 14.8 Å². The molecule has 0 radical (unpaired) electrons. The van der Waals surface area contributed by atoms with Crippen molar-refractivity contribution in [3.8, 4) is 11.6 Å². The Morgan fingerprint density at radius 2 is 2.07 bits per heavy atom. The van der Waals surface area contributed by atoms with Crippen molar-refractivity contribution in [2.75, 3.05) is 27.2 Å². The van der Waals surface area contributed by atoms with Gasteiger partial charge in [0.2, 0.25) is 5.88 Å². The number of hydrogen-bond acceptors (Lipinski definition) is 5. The molecule has 1 aliphatic heterocycles. The van der Waals surface area contributed by atoms with Gasteiger partial charge in [-0.1, -0.05) is 12.1 Å². The van der Waals surface area contributed by atoms with E-state index in [1.165, 1.54) is 0 Å². The smallest absolute Gasteiger partial charge is 0.251 e. The Hall–Kier alpha value is -2.54. The van der Waals surface area contributed by atoms with E-state index in [-0.39, 0.29) is 5.91 Å². The number of piperidine rings is 1. The SMILES string of the molecule is BN1CCC(c2cccc(OCc3ccc(C(=O)NC)cc3OC)n2)CC1. The van der Waals surface area contributed by atoms with Crippen molar-refractivity contribution >= 4 is 13.9 Å². The van der Waals surface area contributed by atoms with E-state index in [1.807, 2.05) is 18.2 Å². The fourth-order valence-corrected chi connectivity index (χ4v) is 3.34. The van der Waals surface area contributed by atoms with Gasteiger partial charge in [0.1, 0.15) is 12.4 Å². The third-order valence-electron chi connectivity index (χ3n) is 5.03. The number of hydrogen-bond donors (Lipinski definition) is 1. The van der Waals surface area contributed by atoms with Crippen LogP contribution in [-0.2, 0) is 6.61 Å². The lowest BCUT2D eigenvalue weighted by Crippen LogP contribution is -2.30. The molecule has 1 aliphatic rings. The molecule has 0 atom stereocenters. The Bertz CT molecular complexity index is 792. The maximum Gasteiger partial charge on any atom is 0.251 e. The van der Waals surface area contributed by atoms with Crippen LogP contribution in [0.1, 0.15) is 40.4 Å². The average Bonchev–Trinajstić information content (AvgIpc) is 2.72. The van der Waals surface area contributed by atoms with Gasteiger partial charge in [0.05, 0.1) is 7.11 Å². The first-order valence-corrected chi connectivity index (χ1v) is 9.28. The van der Waals surface area contributed by atoms with E-state index in [9.17, 15) is 4.79 Å². The highest BCUT2D eigenvalue weighted by Gasteiger charge is 2.19. The number of ether oxygens (including phenoxy) is 2. The number of nitrogens with one attached hydrogen (secondary N) is 1. The van der Waals surface area contributed by atoms with E-state index in [1.54, 1.807) is 26.3 Å². The van der Waals surface area contributed by atoms with Crippen molar-refractivity contribution in [3.05, 3.63) is 53.2 Å². The number of pyridine rings is 1. The predicted molar refractivity (Wildman–Crippen MR) is 107 cm³/mol.